The molecular weight excluding hydrogens is 272 g/mol. The van der Waals surface area contributed by atoms with E-state index < -0.39 is 0 Å². The van der Waals surface area contributed by atoms with E-state index in [1.54, 1.807) is 11.9 Å². The molecule has 0 saturated carbocycles. The number of nitrogens with one attached hydrogen (secondary N) is 2. The van der Waals surface area contributed by atoms with E-state index in [1.165, 1.54) is 0 Å². The Morgan fingerprint density at radius 3 is 2.52 bits per heavy atom. The van der Waals surface area contributed by atoms with E-state index in [1.807, 2.05) is 27.7 Å². The van der Waals surface area contributed by atoms with Crippen LogP contribution in [-0.2, 0) is 4.79 Å². The van der Waals surface area contributed by atoms with Crippen LogP contribution in [0.5, 0.6) is 6.01 Å². The van der Waals surface area contributed by atoms with Gasteiger partial charge in [-0.15, -0.1) is 0 Å². The molecule has 0 radical (unpaired) electrons. The van der Waals surface area contributed by atoms with E-state index in [9.17, 15) is 4.79 Å². The van der Waals surface area contributed by atoms with Gasteiger partial charge in [-0.25, -0.2) is 0 Å². The topological polar surface area (TPSA) is 92.3 Å². The highest BCUT2D eigenvalue weighted by Crippen LogP contribution is 2.15. The van der Waals surface area contributed by atoms with Gasteiger partial charge in [0.05, 0.1) is 12.6 Å². The third kappa shape index (κ3) is 5.41. The maximum absolute atomic E-state index is 11.6. The van der Waals surface area contributed by atoms with E-state index in [-0.39, 0.29) is 24.6 Å². The Morgan fingerprint density at radius 1 is 1.29 bits per heavy atom. The Labute approximate surface area is 125 Å². The summed E-state index contributed by atoms with van der Waals surface area (Å²) in [7, 11) is 1.60. The number of ether oxygens (including phenoxy) is 1. The van der Waals surface area contributed by atoms with Crippen molar-refractivity contribution < 1.29 is 9.53 Å². The van der Waals surface area contributed by atoms with Gasteiger partial charge in [-0.05, 0) is 27.7 Å². The summed E-state index contributed by atoms with van der Waals surface area (Å²) in [6, 6.07) is 0.251. The molecule has 118 valence electrons. The molecule has 0 unspecified atom stereocenters. The summed E-state index contributed by atoms with van der Waals surface area (Å²) in [6.07, 6.45) is -0.0382. The molecule has 0 aliphatic rings. The molecule has 0 aliphatic carbocycles. The molecule has 1 rings (SSSR count). The van der Waals surface area contributed by atoms with Crippen LogP contribution < -0.4 is 20.3 Å². The monoisotopic (exact) mass is 296 g/mol. The number of anilines is 2. The van der Waals surface area contributed by atoms with Crippen LogP contribution in [-0.4, -0.2) is 53.6 Å². The standard InChI is InChI=1S/C13H24N6O2/c1-6-15-11-16-12(18-13(17-11)21-9(3)4)19(7-2)8-10(20)14-5/h9H,6-8H2,1-5H3,(H,14,20)(H,15,16,17,18). The molecule has 1 heterocycles. The summed E-state index contributed by atoms with van der Waals surface area (Å²) in [6.45, 7) is 9.16. The highest BCUT2D eigenvalue weighted by Gasteiger charge is 2.16. The van der Waals surface area contributed by atoms with Gasteiger partial charge in [0.15, 0.2) is 0 Å². The first-order valence-electron chi connectivity index (χ1n) is 7.12. The number of likely N-dealkylation sites (N-methyl/N-ethyl adjacent to an activating group) is 2. The van der Waals surface area contributed by atoms with E-state index >= 15 is 0 Å². The molecule has 8 nitrogen and oxygen atoms in total. The van der Waals surface area contributed by atoms with Gasteiger partial charge in [-0.3, -0.25) is 4.79 Å². The summed E-state index contributed by atoms with van der Waals surface area (Å²) >= 11 is 0. The van der Waals surface area contributed by atoms with Crippen LogP contribution >= 0.6 is 0 Å². The third-order valence-corrected chi connectivity index (χ3v) is 2.56. The zero-order valence-electron chi connectivity index (χ0n) is 13.3. The normalized spacial score (nSPS) is 10.4. The summed E-state index contributed by atoms with van der Waals surface area (Å²) in [5.41, 5.74) is 0. The zero-order chi connectivity index (χ0) is 15.8. The molecule has 0 aromatic carbocycles. The van der Waals surface area contributed by atoms with Gasteiger partial charge < -0.3 is 20.3 Å². The van der Waals surface area contributed by atoms with Crippen molar-refractivity contribution in [3.63, 3.8) is 0 Å². The highest BCUT2D eigenvalue weighted by molar-refractivity contribution is 5.80. The van der Waals surface area contributed by atoms with Crippen LogP contribution in [0.15, 0.2) is 0 Å². The van der Waals surface area contributed by atoms with Gasteiger partial charge in [0.25, 0.3) is 0 Å². The number of aromatic nitrogens is 3. The molecule has 0 aliphatic heterocycles. The van der Waals surface area contributed by atoms with Gasteiger partial charge in [-0.1, -0.05) is 0 Å². The van der Waals surface area contributed by atoms with E-state index in [0.717, 1.165) is 0 Å². The smallest absolute Gasteiger partial charge is 0.323 e. The van der Waals surface area contributed by atoms with Gasteiger partial charge in [0.1, 0.15) is 0 Å². The van der Waals surface area contributed by atoms with Crippen molar-refractivity contribution in [2.24, 2.45) is 0 Å². The number of carbonyl (C=O) groups excluding carboxylic acids is 1. The van der Waals surface area contributed by atoms with Crippen molar-refractivity contribution in [1.29, 1.82) is 0 Å². The Morgan fingerprint density at radius 2 is 2.00 bits per heavy atom. The second kappa shape index (κ2) is 8.23. The molecule has 1 aromatic rings. The van der Waals surface area contributed by atoms with Crippen molar-refractivity contribution in [1.82, 2.24) is 20.3 Å². The fourth-order valence-corrected chi connectivity index (χ4v) is 1.56. The number of rotatable bonds is 8. The van der Waals surface area contributed by atoms with Crippen LogP contribution in [0.1, 0.15) is 27.7 Å². The van der Waals surface area contributed by atoms with Gasteiger partial charge in [-0.2, -0.15) is 15.0 Å². The van der Waals surface area contributed by atoms with Gasteiger partial charge in [0.2, 0.25) is 17.8 Å². The molecule has 0 bridgehead atoms. The summed E-state index contributed by atoms with van der Waals surface area (Å²) < 4.78 is 5.54. The first kappa shape index (κ1) is 16.9. The molecule has 0 fully saturated rings. The molecule has 1 aromatic heterocycles. The highest BCUT2D eigenvalue weighted by atomic mass is 16.5. The van der Waals surface area contributed by atoms with Crippen molar-refractivity contribution in [2.75, 3.05) is 36.9 Å². The summed E-state index contributed by atoms with van der Waals surface area (Å²) in [5, 5.41) is 5.63. The Bertz CT molecular complexity index is 466. The second-order valence-electron chi connectivity index (χ2n) is 4.63. The number of nitrogens with zero attached hydrogens (tertiary/aromatic N) is 4. The number of hydrogen-bond donors (Lipinski definition) is 2. The lowest BCUT2D eigenvalue weighted by molar-refractivity contribution is -0.119. The van der Waals surface area contributed by atoms with Crippen LogP contribution in [0.3, 0.4) is 0 Å². The van der Waals surface area contributed by atoms with Crippen LogP contribution in [0.25, 0.3) is 0 Å². The maximum atomic E-state index is 11.6. The van der Waals surface area contributed by atoms with Gasteiger partial charge >= 0.3 is 6.01 Å². The fraction of sp³-hybridized carbons (Fsp3) is 0.692. The molecule has 2 N–H and O–H groups in total. The average Bonchev–Trinajstić information content (AvgIpc) is 2.43. The first-order chi connectivity index (χ1) is 9.99. The predicted molar refractivity (Wildman–Crippen MR) is 81.7 cm³/mol. The lowest BCUT2D eigenvalue weighted by Gasteiger charge is -2.21. The van der Waals surface area contributed by atoms with Crippen LogP contribution in [0.4, 0.5) is 11.9 Å². The zero-order valence-corrected chi connectivity index (χ0v) is 13.3. The first-order valence-corrected chi connectivity index (χ1v) is 7.12. The summed E-state index contributed by atoms with van der Waals surface area (Å²) in [5.74, 6) is 0.754. The number of hydrogen-bond acceptors (Lipinski definition) is 7. The minimum Gasteiger partial charge on any atom is -0.461 e. The molecule has 8 heteroatoms. The van der Waals surface area contributed by atoms with Crippen molar-refractivity contribution in [2.45, 2.75) is 33.8 Å². The minimum absolute atomic E-state index is 0.0382. The number of carbonyl (C=O) groups is 1. The van der Waals surface area contributed by atoms with E-state index in [4.69, 9.17) is 4.74 Å². The maximum Gasteiger partial charge on any atom is 0.323 e. The van der Waals surface area contributed by atoms with Crippen LogP contribution in [0.2, 0.25) is 0 Å². The lowest BCUT2D eigenvalue weighted by Crippen LogP contribution is -2.36. The predicted octanol–water partition coefficient (Wildman–Crippen LogP) is 0.663. The van der Waals surface area contributed by atoms with Crippen molar-refractivity contribution in [3.8, 4) is 6.01 Å². The summed E-state index contributed by atoms with van der Waals surface area (Å²) in [4.78, 5) is 26.1. The molecule has 1 amide bonds. The molecule has 21 heavy (non-hydrogen) atoms. The lowest BCUT2D eigenvalue weighted by atomic mass is 10.5. The molecule has 0 spiro atoms. The Balaban J connectivity index is 3.06. The average molecular weight is 296 g/mol. The SMILES string of the molecule is CCNc1nc(OC(C)C)nc(N(CC)CC(=O)NC)n1. The fourth-order valence-electron chi connectivity index (χ4n) is 1.56. The Kier molecular flexibility index (Phi) is 6.64. The van der Waals surface area contributed by atoms with Crippen molar-refractivity contribution >= 4 is 17.8 Å². The quantitative estimate of drug-likeness (QED) is 0.728. The third-order valence-electron chi connectivity index (χ3n) is 2.56. The Hall–Kier alpha value is -2.12. The molecule has 0 atom stereocenters. The number of amides is 1. The van der Waals surface area contributed by atoms with Crippen molar-refractivity contribution in [3.05, 3.63) is 0 Å². The second-order valence-corrected chi connectivity index (χ2v) is 4.63. The van der Waals surface area contributed by atoms with Gasteiger partial charge in [0, 0.05) is 20.1 Å². The minimum atomic E-state index is -0.103. The van der Waals surface area contributed by atoms with E-state index in [0.29, 0.717) is 25.0 Å². The molecule has 0 saturated heterocycles. The largest absolute Gasteiger partial charge is 0.461 e. The van der Waals surface area contributed by atoms with E-state index in [2.05, 4.69) is 25.6 Å². The molecular formula is C13H24N6O2. The van der Waals surface area contributed by atoms with Crippen LogP contribution in [0, 0.1) is 0 Å².